The van der Waals surface area contributed by atoms with Gasteiger partial charge >= 0.3 is 5.91 Å². The van der Waals surface area contributed by atoms with Crippen molar-refractivity contribution in [3.05, 3.63) is 94.8 Å². The summed E-state index contributed by atoms with van der Waals surface area (Å²) in [6, 6.07) is 17.2. The molecule has 9 nitrogen and oxygen atoms in total. The molecular weight excluding hydrogens is 618 g/mol. The summed E-state index contributed by atoms with van der Waals surface area (Å²) in [5.41, 5.74) is 1.68. The highest BCUT2D eigenvalue weighted by atomic mass is 32.2. The van der Waals surface area contributed by atoms with E-state index in [0.717, 1.165) is 36.2 Å². The molecule has 1 unspecified atom stereocenters. The molecule has 0 bridgehead atoms. The average Bonchev–Trinajstić information content (AvgIpc) is 3.64. The van der Waals surface area contributed by atoms with Crippen molar-refractivity contribution in [3.8, 4) is 17.2 Å². The van der Waals surface area contributed by atoms with Crippen LogP contribution in [0.1, 0.15) is 48.9 Å². The molecule has 0 radical (unpaired) electrons. The van der Waals surface area contributed by atoms with E-state index in [1.807, 2.05) is 6.07 Å². The average molecular weight is 648 g/mol. The molecule has 1 saturated heterocycles. The number of amides is 1. The Morgan fingerprint density at radius 2 is 1.84 bits per heavy atom. The molecule has 1 N–H and O–H groups in total. The van der Waals surface area contributed by atoms with E-state index in [1.54, 1.807) is 48.5 Å². The van der Waals surface area contributed by atoms with Gasteiger partial charge in [0.2, 0.25) is 5.13 Å². The maximum atomic E-state index is 13.7. The molecule has 2 aliphatic heterocycles. The summed E-state index contributed by atoms with van der Waals surface area (Å²) < 4.78 is 31.2. The minimum absolute atomic E-state index is 0.0875. The Labute approximate surface area is 267 Å². The van der Waals surface area contributed by atoms with Gasteiger partial charge in [-0.2, -0.15) is 0 Å². The molecule has 1 aromatic heterocycles. The number of thioether (sulfide) groups is 1. The van der Waals surface area contributed by atoms with Crippen LogP contribution in [0.25, 0.3) is 5.76 Å². The van der Waals surface area contributed by atoms with E-state index in [-0.39, 0.29) is 22.3 Å². The zero-order valence-corrected chi connectivity index (χ0v) is 26.0. The van der Waals surface area contributed by atoms with Crippen molar-refractivity contribution >= 4 is 45.7 Å². The van der Waals surface area contributed by atoms with Gasteiger partial charge in [-0.3, -0.25) is 14.5 Å². The second-order valence-corrected chi connectivity index (χ2v) is 12.6. The number of carbonyl (C=O) groups is 2. The van der Waals surface area contributed by atoms with E-state index < -0.39 is 17.7 Å². The zero-order valence-electron chi connectivity index (χ0n) is 24.4. The number of benzene rings is 3. The Hall–Kier alpha value is -4.42. The monoisotopic (exact) mass is 647 g/mol. The molecule has 4 aromatic rings. The van der Waals surface area contributed by atoms with Crippen LogP contribution >= 0.6 is 23.1 Å². The zero-order chi connectivity index (χ0) is 31.3. The largest absolute Gasteiger partial charge is 0.507 e. The Morgan fingerprint density at radius 3 is 2.64 bits per heavy atom. The summed E-state index contributed by atoms with van der Waals surface area (Å²) in [5, 5.41) is 20.3. The van der Waals surface area contributed by atoms with Gasteiger partial charge in [-0.05, 0) is 60.0 Å². The van der Waals surface area contributed by atoms with Crippen LogP contribution in [0.15, 0.2) is 76.6 Å². The first-order valence-corrected chi connectivity index (χ1v) is 16.4. The van der Waals surface area contributed by atoms with Crippen LogP contribution in [-0.4, -0.2) is 46.8 Å². The van der Waals surface area contributed by atoms with Crippen molar-refractivity contribution in [2.45, 2.75) is 42.3 Å². The smallest absolute Gasteiger partial charge is 0.301 e. The number of aliphatic hydroxyl groups excluding tert-OH is 1. The molecular formula is C33H30FN3O6S2. The minimum Gasteiger partial charge on any atom is -0.507 e. The highest BCUT2D eigenvalue weighted by Crippen LogP contribution is 2.45. The van der Waals surface area contributed by atoms with Crippen molar-refractivity contribution in [2.24, 2.45) is 0 Å². The van der Waals surface area contributed by atoms with Gasteiger partial charge < -0.3 is 19.3 Å². The molecule has 2 aliphatic rings. The molecule has 1 amide bonds. The van der Waals surface area contributed by atoms with Gasteiger partial charge in [0, 0.05) is 11.3 Å². The highest BCUT2D eigenvalue weighted by Gasteiger charge is 2.48. The van der Waals surface area contributed by atoms with Gasteiger partial charge in [-0.25, -0.2) is 4.39 Å². The summed E-state index contributed by atoms with van der Waals surface area (Å²) >= 11 is 2.54. The molecule has 45 heavy (non-hydrogen) atoms. The molecule has 0 saturated carbocycles. The highest BCUT2D eigenvalue weighted by molar-refractivity contribution is 8.00. The number of Topliss-reactive ketones (excluding diaryl/α,β-unsaturated/α-hetero) is 1. The van der Waals surface area contributed by atoms with E-state index >= 15 is 0 Å². The van der Waals surface area contributed by atoms with E-state index in [0.29, 0.717) is 58.3 Å². The van der Waals surface area contributed by atoms with Crippen LogP contribution in [0.2, 0.25) is 0 Å². The third kappa shape index (κ3) is 6.66. The molecule has 0 aliphatic carbocycles. The third-order valence-corrected chi connectivity index (χ3v) is 9.45. The fourth-order valence-electron chi connectivity index (χ4n) is 5.09. The van der Waals surface area contributed by atoms with Crippen LogP contribution in [0, 0.1) is 5.82 Å². The molecule has 1 fully saturated rings. The first kappa shape index (κ1) is 30.6. The van der Waals surface area contributed by atoms with Crippen LogP contribution in [0.3, 0.4) is 0 Å². The lowest BCUT2D eigenvalue weighted by molar-refractivity contribution is -0.132. The Bertz CT molecular complexity index is 1740. The van der Waals surface area contributed by atoms with Crippen LogP contribution in [-0.2, 0) is 15.3 Å². The number of anilines is 1. The number of ether oxygens (including phenoxy) is 3. The normalized spacial score (nSPS) is 17.1. The Balaban J connectivity index is 1.37. The van der Waals surface area contributed by atoms with E-state index in [4.69, 9.17) is 14.2 Å². The van der Waals surface area contributed by atoms with Crippen molar-refractivity contribution < 1.29 is 33.3 Å². The summed E-state index contributed by atoms with van der Waals surface area (Å²) in [6.07, 6.45) is 2.99. The predicted octanol–water partition coefficient (Wildman–Crippen LogP) is 6.94. The van der Waals surface area contributed by atoms with Crippen molar-refractivity contribution in [2.75, 3.05) is 24.7 Å². The number of nitrogens with zero attached hydrogens (tertiary/aromatic N) is 3. The topological polar surface area (TPSA) is 111 Å². The first-order chi connectivity index (χ1) is 21.9. The van der Waals surface area contributed by atoms with Crippen LogP contribution in [0.5, 0.6) is 17.2 Å². The van der Waals surface area contributed by atoms with Crippen LogP contribution < -0.4 is 19.1 Å². The number of hydrogen-bond acceptors (Lipinski definition) is 10. The molecule has 0 spiro atoms. The molecule has 1 atom stereocenters. The SMILES string of the molecule is CCCCCOc1cccc(C2/C(=C(/O)c3ccc4c(c3)OCCO4)C(=O)C(=O)N2c2nnc(SCc3ccc(F)cc3)s2)c1. The van der Waals surface area contributed by atoms with Crippen molar-refractivity contribution in [1.29, 1.82) is 0 Å². The molecule has 232 valence electrons. The number of halogens is 1. The number of carbonyl (C=O) groups excluding carboxylic acids is 2. The standard InChI is InChI=1S/C33H30FN3O6S2/c1-2-3-4-14-41-24-7-5-6-21(17-24)28-27(29(38)22-10-13-25-26(18-22)43-16-15-42-25)30(39)31(40)37(28)32-35-36-33(45-32)44-19-20-8-11-23(34)12-9-20/h5-13,17-18,28,38H,2-4,14-16,19H2,1H3/b29-27-. The van der Waals surface area contributed by atoms with E-state index in [2.05, 4.69) is 17.1 Å². The van der Waals surface area contributed by atoms with Crippen molar-refractivity contribution in [3.63, 3.8) is 0 Å². The number of hydrogen-bond donors (Lipinski definition) is 1. The number of fused-ring (bicyclic) bond motifs is 1. The second kappa shape index (κ2) is 13.7. The summed E-state index contributed by atoms with van der Waals surface area (Å²) in [7, 11) is 0. The fraction of sp³-hybridized carbons (Fsp3) is 0.273. The fourth-order valence-corrected chi connectivity index (χ4v) is 6.92. The summed E-state index contributed by atoms with van der Waals surface area (Å²) in [4.78, 5) is 28.6. The number of ketones is 1. The van der Waals surface area contributed by atoms with E-state index in [9.17, 15) is 19.1 Å². The lowest BCUT2D eigenvalue weighted by atomic mass is 9.95. The first-order valence-electron chi connectivity index (χ1n) is 14.6. The number of unbranched alkanes of at least 4 members (excludes halogenated alkanes) is 2. The van der Waals surface area contributed by atoms with Gasteiger partial charge in [0.05, 0.1) is 18.2 Å². The maximum absolute atomic E-state index is 13.7. The van der Waals surface area contributed by atoms with Gasteiger partial charge in [-0.1, -0.05) is 67.1 Å². The van der Waals surface area contributed by atoms with Gasteiger partial charge in [0.15, 0.2) is 15.8 Å². The third-order valence-electron chi connectivity index (χ3n) is 7.33. The second-order valence-electron chi connectivity index (χ2n) is 10.4. The quantitative estimate of drug-likeness (QED) is 0.0462. The minimum atomic E-state index is -1.000. The Morgan fingerprint density at radius 1 is 1.04 bits per heavy atom. The predicted molar refractivity (Wildman–Crippen MR) is 170 cm³/mol. The molecule has 12 heteroatoms. The number of aliphatic hydroxyl groups is 1. The lowest BCUT2D eigenvalue weighted by Crippen LogP contribution is -2.29. The van der Waals surface area contributed by atoms with E-state index in [1.165, 1.54) is 28.8 Å². The van der Waals surface area contributed by atoms with Gasteiger partial charge in [0.1, 0.15) is 30.5 Å². The Kier molecular flexibility index (Phi) is 9.31. The summed E-state index contributed by atoms with van der Waals surface area (Å²) in [6.45, 7) is 3.41. The van der Waals surface area contributed by atoms with Crippen LogP contribution in [0.4, 0.5) is 9.52 Å². The molecule has 6 rings (SSSR count). The lowest BCUT2D eigenvalue weighted by Gasteiger charge is -2.23. The number of aromatic nitrogens is 2. The molecule has 3 heterocycles. The van der Waals surface area contributed by atoms with Gasteiger partial charge in [-0.15, -0.1) is 10.2 Å². The van der Waals surface area contributed by atoms with Crippen molar-refractivity contribution in [1.82, 2.24) is 10.2 Å². The number of rotatable bonds is 11. The summed E-state index contributed by atoms with van der Waals surface area (Å²) in [5.74, 6) is -0.281. The maximum Gasteiger partial charge on any atom is 0.301 e. The van der Waals surface area contributed by atoms with Gasteiger partial charge in [0.25, 0.3) is 5.78 Å². The molecule has 3 aromatic carbocycles.